The molecule has 0 aliphatic heterocycles. The van der Waals surface area contributed by atoms with Gasteiger partial charge < -0.3 is 0 Å². The molecule has 168 valence electrons. The van der Waals surface area contributed by atoms with Crippen LogP contribution in [0.2, 0.25) is 0 Å². The summed E-state index contributed by atoms with van der Waals surface area (Å²) in [5.74, 6) is 0.664. The molecule has 4 rings (SSSR count). The van der Waals surface area contributed by atoms with Crippen molar-refractivity contribution in [2.75, 3.05) is 10.9 Å². The Balaban J connectivity index is 1.56. The SMILES string of the molecule is O=[N+]([O-])c1ccccc1/C=N/Nc1nnc(N/N=C/c2ccccc2[N+](=O)[O-])c2ccccc12. The second kappa shape index (κ2) is 9.91. The van der Waals surface area contributed by atoms with Crippen LogP contribution in [0.15, 0.2) is 83.0 Å². The summed E-state index contributed by atoms with van der Waals surface area (Å²) in [7, 11) is 0. The summed E-state index contributed by atoms with van der Waals surface area (Å²) in [5, 5.41) is 40.0. The molecule has 0 fully saturated rings. The number of anilines is 2. The highest BCUT2D eigenvalue weighted by Gasteiger charge is 2.12. The average molecular weight is 456 g/mol. The molecule has 0 aliphatic carbocycles. The molecule has 12 nitrogen and oxygen atoms in total. The number of para-hydroxylation sites is 2. The molecule has 1 heterocycles. The van der Waals surface area contributed by atoms with Crippen LogP contribution in [-0.2, 0) is 0 Å². The van der Waals surface area contributed by atoms with Gasteiger partial charge in [0.25, 0.3) is 11.4 Å². The van der Waals surface area contributed by atoms with Crippen molar-refractivity contribution in [3.05, 3.63) is 104 Å². The third kappa shape index (κ3) is 4.80. The quantitative estimate of drug-likeness (QED) is 0.225. The highest BCUT2D eigenvalue weighted by atomic mass is 16.6. The summed E-state index contributed by atoms with van der Waals surface area (Å²) in [6.45, 7) is 0. The largest absolute Gasteiger partial charge is 0.278 e. The summed E-state index contributed by atoms with van der Waals surface area (Å²) in [6, 6.07) is 19.6. The predicted octanol–water partition coefficient (Wildman–Crippen LogP) is 4.34. The standard InChI is InChI=1S/C22H16N8O4/c31-29(32)19-11-5-1-7-15(19)13-23-25-21-17-9-3-4-10-18(17)22(28-27-21)26-24-14-16-8-2-6-12-20(16)30(33)34/h1-14H,(H,25,27)(H,26,28)/b23-13+,24-14+. The molecule has 0 amide bonds. The molecule has 0 aliphatic rings. The molecular formula is C22H16N8O4. The van der Waals surface area contributed by atoms with Crippen LogP contribution in [0.4, 0.5) is 23.0 Å². The number of aromatic nitrogens is 2. The van der Waals surface area contributed by atoms with E-state index in [1.54, 1.807) is 60.7 Å². The Labute approximate surface area is 192 Å². The Kier molecular flexibility index (Phi) is 6.40. The lowest BCUT2D eigenvalue weighted by molar-refractivity contribution is -0.385. The maximum absolute atomic E-state index is 11.1. The van der Waals surface area contributed by atoms with E-state index in [9.17, 15) is 20.2 Å². The molecule has 0 radical (unpaired) electrons. The zero-order valence-electron chi connectivity index (χ0n) is 17.4. The Morgan fingerprint density at radius 1 is 0.647 bits per heavy atom. The summed E-state index contributed by atoms with van der Waals surface area (Å²) in [6.07, 6.45) is 2.66. The minimum Gasteiger partial charge on any atom is -0.259 e. The maximum atomic E-state index is 11.1. The zero-order chi connectivity index (χ0) is 23.9. The first-order valence-electron chi connectivity index (χ1n) is 9.85. The second-order valence-electron chi connectivity index (χ2n) is 6.81. The maximum Gasteiger partial charge on any atom is 0.278 e. The van der Waals surface area contributed by atoms with E-state index in [0.29, 0.717) is 33.5 Å². The van der Waals surface area contributed by atoms with Gasteiger partial charge in [-0.2, -0.15) is 10.2 Å². The number of nitro groups is 2. The van der Waals surface area contributed by atoms with Gasteiger partial charge in [0.05, 0.1) is 33.4 Å². The molecule has 12 heteroatoms. The molecule has 0 saturated heterocycles. The normalized spacial score (nSPS) is 11.2. The van der Waals surface area contributed by atoms with Gasteiger partial charge in [-0.05, 0) is 12.1 Å². The predicted molar refractivity (Wildman–Crippen MR) is 128 cm³/mol. The Morgan fingerprint density at radius 2 is 1.03 bits per heavy atom. The third-order valence-corrected chi connectivity index (χ3v) is 4.70. The highest BCUT2D eigenvalue weighted by Crippen LogP contribution is 2.26. The topological polar surface area (TPSA) is 161 Å². The van der Waals surface area contributed by atoms with Gasteiger partial charge in [-0.15, -0.1) is 10.2 Å². The van der Waals surface area contributed by atoms with Gasteiger partial charge in [-0.1, -0.05) is 48.5 Å². The number of rotatable bonds is 8. The molecule has 0 unspecified atom stereocenters. The number of nitrogens with zero attached hydrogens (tertiary/aromatic N) is 6. The lowest BCUT2D eigenvalue weighted by atomic mass is 10.2. The van der Waals surface area contributed by atoms with Crippen molar-refractivity contribution in [3.8, 4) is 0 Å². The van der Waals surface area contributed by atoms with Gasteiger partial charge in [-0.25, -0.2) is 0 Å². The summed E-state index contributed by atoms with van der Waals surface area (Å²) < 4.78 is 0. The van der Waals surface area contributed by atoms with Crippen LogP contribution in [0.3, 0.4) is 0 Å². The van der Waals surface area contributed by atoms with Crippen molar-refractivity contribution < 1.29 is 9.85 Å². The van der Waals surface area contributed by atoms with E-state index < -0.39 is 9.85 Å². The Morgan fingerprint density at radius 3 is 1.44 bits per heavy atom. The van der Waals surface area contributed by atoms with Crippen LogP contribution in [0.1, 0.15) is 11.1 Å². The van der Waals surface area contributed by atoms with Gasteiger partial charge >= 0.3 is 0 Å². The van der Waals surface area contributed by atoms with Gasteiger partial charge in [0.2, 0.25) is 0 Å². The van der Waals surface area contributed by atoms with Gasteiger partial charge in [0, 0.05) is 22.9 Å². The molecule has 0 bridgehead atoms. The van der Waals surface area contributed by atoms with E-state index in [0.717, 1.165) is 0 Å². The van der Waals surface area contributed by atoms with Gasteiger partial charge in [0.1, 0.15) is 0 Å². The fourth-order valence-corrected chi connectivity index (χ4v) is 3.12. The van der Waals surface area contributed by atoms with Crippen LogP contribution < -0.4 is 10.9 Å². The van der Waals surface area contributed by atoms with Crippen LogP contribution in [-0.4, -0.2) is 32.5 Å². The van der Waals surface area contributed by atoms with E-state index in [2.05, 4.69) is 31.3 Å². The number of nitrogens with one attached hydrogen (secondary N) is 2. The highest BCUT2D eigenvalue weighted by molar-refractivity contribution is 5.99. The minimum atomic E-state index is -0.485. The smallest absolute Gasteiger partial charge is 0.259 e. The Bertz CT molecular complexity index is 1330. The van der Waals surface area contributed by atoms with E-state index in [1.807, 2.05) is 0 Å². The number of benzene rings is 3. The second-order valence-corrected chi connectivity index (χ2v) is 6.81. The molecule has 2 N–H and O–H groups in total. The van der Waals surface area contributed by atoms with E-state index in [-0.39, 0.29) is 11.4 Å². The van der Waals surface area contributed by atoms with Crippen molar-refractivity contribution in [3.63, 3.8) is 0 Å². The number of hydrogen-bond donors (Lipinski definition) is 2. The van der Waals surface area contributed by atoms with Crippen LogP contribution in [0.25, 0.3) is 10.8 Å². The average Bonchev–Trinajstić information content (AvgIpc) is 2.85. The van der Waals surface area contributed by atoms with Crippen LogP contribution in [0.5, 0.6) is 0 Å². The minimum absolute atomic E-state index is 0.0694. The van der Waals surface area contributed by atoms with Crippen molar-refractivity contribution in [2.45, 2.75) is 0 Å². The summed E-state index contributed by atoms with van der Waals surface area (Å²) in [4.78, 5) is 21.3. The first-order chi connectivity index (χ1) is 16.5. The molecular weight excluding hydrogens is 440 g/mol. The summed E-state index contributed by atoms with van der Waals surface area (Å²) in [5.41, 5.74) is 6.05. The van der Waals surface area contributed by atoms with Crippen molar-refractivity contribution in [1.82, 2.24) is 10.2 Å². The number of nitro benzene ring substituents is 2. The monoisotopic (exact) mass is 456 g/mol. The number of fused-ring (bicyclic) bond motifs is 1. The first kappa shape index (κ1) is 22.0. The number of hydrazone groups is 2. The lowest BCUT2D eigenvalue weighted by Gasteiger charge is -2.08. The van der Waals surface area contributed by atoms with Crippen LogP contribution >= 0.6 is 0 Å². The molecule has 1 aromatic heterocycles. The van der Waals surface area contributed by atoms with Crippen LogP contribution in [0, 0.1) is 20.2 Å². The molecule has 0 spiro atoms. The van der Waals surface area contributed by atoms with E-state index in [4.69, 9.17) is 0 Å². The lowest BCUT2D eigenvalue weighted by Crippen LogP contribution is -2.02. The van der Waals surface area contributed by atoms with Crippen molar-refractivity contribution in [2.24, 2.45) is 10.2 Å². The third-order valence-electron chi connectivity index (χ3n) is 4.70. The first-order valence-corrected chi connectivity index (χ1v) is 9.85. The Hall–Kier alpha value is -5.26. The number of hydrogen-bond acceptors (Lipinski definition) is 10. The molecule has 34 heavy (non-hydrogen) atoms. The molecule has 0 saturated carbocycles. The molecule has 3 aromatic carbocycles. The fraction of sp³-hybridized carbons (Fsp3) is 0. The fourth-order valence-electron chi connectivity index (χ4n) is 3.12. The zero-order valence-corrected chi connectivity index (χ0v) is 17.4. The molecule has 4 aromatic rings. The van der Waals surface area contributed by atoms with Gasteiger partial charge in [0.15, 0.2) is 11.6 Å². The summed E-state index contributed by atoms with van der Waals surface area (Å²) >= 11 is 0. The van der Waals surface area contributed by atoms with E-state index in [1.165, 1.54) is 24.6 Å². The van der Waals surface area contributed by atoms with E-state index >= 15 is 0 Å². The molecule has 0 atom stereocenters. The van der Waals surface area contributed by atoms with Crippen molar-refractivity contribution in [1.29, 1.82) is 0 Å². The van der Waals surface area contributed by atoms with Crippen molar-refractivity contribution >= 4 is 46.2 Å². The van der Waals surface area contributed by atoms with Gasteiger partial charge in [-0.3, -0.25) is 31.1 Å².